The minimum Gasteiger partial charge on any atom is -0.315 e. The molecular formula is C17H28N2S. The Labute approximate surface area is 127 Å². The quantitative estimate of drug-likeness (QED) is 0.908. The molecule has 2 atom stereocenters. The highest BCUT2D eigenvalue weighted by Crippen LogP contribution is 2.36. The second-order valence-electron chi connectivity index (χ2n) is 6.65. The standard InChI is InChI=1S/C17H28N2S/c1-13-16(9-17(20-13)10-18-2)12-19-8-7-14-5-3-4-6-15(14)11-19/h9,14-15,18H,3-8,10-12H2,1-2H3. The zero-order valence-corrected chi connectivity index (χ0v) is 13.8. The molecule has 112 valence electrons. The number of nitrogens with one attached hydrogen (secondary N) is 1. The van der Waals surface area contributed by atoms with Crippen LogP contribution in [0.2, 0.25) is 0 Å². The molecule has 2 fully saturated rings. The number of aryl methyl sites for hydroxylation is 1. The van der Waals surface area contributed by atoms with Crippen molar-refractivity contribution in [2.24, 2.45) is 11.8 Å². The van der Waals surface area contributed by atoms with Crippen LogP contribution in [-0.4, -0.2) is 25.0 Å². The van der Waals surface area contributed by atoms with Gasteiger partial charge in [0.25, 0.3) is 0 Å². The molecular weight excluding hydrogens is 264 g/mol. The maximum Gasteiger partial charge on any atom is 0.0296 e. The van der Waals surface area contributed by atoms with Crippen LogP contribution in [0.1, 0.15) is 47.4 Å². The normalized spacial score (nSPS) is 27.5. The van der Waals surface area contributed by atoms with Crippen LogP contribution in [0.4, 0.5) is 0 Å². The van der Waals surface area contributed by atoms with Crippen molar-refractivity contribution in [1.82, 2.24) is 10.2 Å². The summed E-state index contributed by atoms with van der Waals surface area (Å²) in [5, 5.41) is 3.26. The molecule has 2 aliphatic rings. The Morgan fingerprint density at radius 1 is 1.25 bits per heavy atom. The Hall–Kier alpha value is -0.380. The summed E-state index contributed by atoms with van der Waals surface area (Å²) in [6.45, 7) is 7.14. The molecule has 1 aliphatic heterocycles. The topological polar surface area (TPSA) is 15.3 Å². The smallest absolute Gasteiger partial charge is 0.0296 e. The van der Waals surface area contributed by atoms with Gasteiger partial charge in [0.1, 0.15) is 0 Å². The van der Waals surface area contributed by atoms with Gasteiger partial charge in [0.15, 0.2) is 0 Å². The lowest BCUT2D eigenvalue weighted by molar-refractivity contribution is 0.0820. The molecule has 2 heterocycles. The lowest BCUT2D eigenvalue weighted by atomic mass is 9.75. The zero-order valence-electron chi connectivity index (χ0n) is 13.0. The first-order valence-corrected chi connectivity index (χ1v) is 9.03. The van der Waals surface area contributed by atoms with Crippen molar-refractivity contribution in [3.8, 4) is 0 Å². The fraction of sp³-hybridized carbons (Fsp3) is 0.765. The summed E-state index contributed by atoms with van der Waals surface area (Å²) in [5.41, 5.74) is 1.56. The summed E-state index contributed by atoms with van der Waals surface area (Å²) in [4.78, 5) is 5.71. The molecule has 0 aromatic carbocycles. The molecule has 2 nitrogen and oxygen atoms in total. The van der Waals surface area contributed by atoms with E-state index in [4.69, 9.17) is 0 Å². The van der Waals surface area contributed by atoms with E-state index in [2.05, 4.69) is 23.2 Å². The molecule has 0 spiro atoms. The minimum absolute atomic E-state index is 0.994. The van der Waals surface area contributed by atoms with E-state index in [1.54, 1.807) is 5.56 Å². The van der Waals surface area contributed by atoms with E-state index in [1.807, 2.05) is 18.4 Å². The van der Waals surface area contributed by atoms with Crippen molar-refractivity contribution in [3.05, 3.63) is 21.4 Å². The number of nitrogens with zero attached hydrogens (tertiary/aromatic N) is 1. The van der Waals surface area contributed by atoms with Crippen LogP contribution in [0.3, 0.4) is 0 Å². The number of piperidine rings is 1. The summed E-state index contributed by atoms with van der Waals surface area (Å²) in [7, 11) is 2.03. The first kappa shape index (κ1) is 14.6. The van der Waals surface area contributed by atoms with Crippen LogP contribution in [0.5, 0.6) is 0 Å². The van der Waals surface area contributed by atoms with Crippen molar-refractivity contribution in [3.63, 3.8) is 0 Å². The monoisotopic (exact) mass is 292 g/mol. The van der Waals surface area contributed by atoms with Gasteiger partial charge in [-0.05, 0) is 56.8 Å². The average Bonchev–Trinajstić information content (AvgIpc) is 2.79. The molecule has 2 unspecified atom stereocenters. The number of hydrogen-bond acceptors (Lipinski definition) is 3. The first-order chi connectivity index (χ1) is 9.76. The Bertz CT molecular complexity index is 440. The molecule has 3 rings (SSSR count). The zero-order chi connectivity index (χ0) is 13.9. The Morgan fingerprint density at radius 2 is 2.05 bits per heavy atom. The van der Waals surface area contributed by atoms with E-state index >= 15 is 0 Å². The number of thiophene rings is 1. The third-order valence-electron chi connectivity index (χ3n) is 5.19. The molecule has 0 amide bonds. The fourth-order valence-electron chi connectivity index (χ4n) is 4.07. The first-order valence-electron chi connectivity index (χ1n) is 8.21. The van der Waals surface area contributed by atoms with Crippen LogP contribution in [0.25, 0.3) is 0 Å². The van der Waals surface area contributed by atoms with Gasteiger partial charge in [0.2, 0.25) is 0 Å². The van der Waals surface area contributed by atoms with E-state index in [1.165, 1.54) is 61.5 Å². The third-order valence-corrected chi connectivity index (χ3v) is 6.28. The second kappa shape index (κ2) is 6.59. The van der Waals surface area contributed by atoms with Gasteiger partial charge in [-0.3, -0.25) is 4.90 Å². The molecule has 1 N–H and O–H groups in total. The molecule has 1 aromatic rings. The number of fused-ring (bicyclic) bond motifs is 1. The highest BCUT2D eigenvalue weighted by Gasteiger charge is 2.31. The number of likely N-dealkylation sites (tertiary alicyclic amines) is 1. The SMILES string of the molecule is CNCc1cc(CN2CCC3CCCCC3C2)c(C)s1. The third kappa shape index (κ3) is 3.26. The Morgan fingerprint density at radius 3 is 2.85 bits per heavy atom. The molecule has 1 aromatic heterocycles. The van der Waals surface area contributed by atoms with E-state index in [0.29, 0.717) is 0 Å². The highest BCUT2D eigenvalue weighted by atomic mass is 32.1. The Kier molecular flexibility index (Phi) is 4.79. The lowest BCUT2D eigenvalue weighted by Gasteiger charge is -2.41. The van der Waals surface area contributed by atoms with E-state index in [9.17, 15) is 0 Å². The molecule has 0 radical (unpaired) electrons. The second-order valence-corrected chi connectivity index (χ2v) is 7.99. The van der Waals surface area contributed by atoms with E-state index in [-0.39, 0.29) is 0 Å². The predicted octanol–water partition coefficient (Wildman–Crippen LogP) is 3.79. The van der Waals surface area contributed by atoms with Crippen LogP contribution >= 0.6 is 11.3 Å². The van der Waals surface area contributed by atoms with Gasteiger partial charge in [-0.15, -0.1) is 11.3 Å². The highest BCUT2D eigenvalue weighted by molar-refractivity contribution is 7.12. The Balaban J connectivity index is 1.60. The number of hydrogen-bond donors (Lipinski definition) is 1. The van der Waals surface area contributed by atoms with Gasteiger partial charge in [0, 0.05) is 29.4 Å². The lowest BCUT2D eigenvalue weighted by Crippen LogP contribution is -2.41. The molecule has 3 heteroatoms. The van der Waals surface area contributed by atoms with Crippen LogP contribution in [0.15, 0.2) is 6.07 Å². The molecule has 20 heavy (non-hydrogen) atoms. The summed E-state index contributed by atoms with van der Waals surface area (Å²) in [6, 6.07) is 2.42. The van der Waals surface area contributed by atoms with Gasteiger partial charge >= 0.3 is 0 Å². The molecule has 1 aliphatic carbocycles. The molecule has 0 bridgehead atoms. The van der Waals surface area contributed by atoms with E-state index in [0.717, 1.165) is 18.4 Å². The minimum atomic E-state index is 0.994. The maximum absolute atomic E-state index is 3.26. The summed E-state index contributed by atoms with van der Waals surface area (Å²) >= 11 is 1.96. The summed E-state index contributed by atoms with van der Waals surface area (Å²) < 4.78 is 0. The predicted molar refractivity (Wildman–Crippen MR) is 87.2 cm³/mol. The van der Waals surface area contributed by atoms with Crippen molar-refractivity contribution >= 4 is 11.3 Å². The number of rotatable bonds is 4. The summed E-state index contributed by atoms with van der Waals surface area (Å²) in [5.74, 6) is 2.04. The van der Waals surface area contributed by atoms with Crippen LogP contribution in [-0.2, 0) is 13.1 Å². The molecule has 1 saturated heterocycles. The van der Waals surface area contributed by atoms with Crippen molar-refractivity contribution < 1.29 is 0 Å². The maximum atomic E-state index is 3.26. The van der Waals surface area contributed by atoms with Gasteiger partial charge in [-0.25, -0.2) is 0 Å². The van der Waals surface area contributed by atoms with Gasteiger partial charge in [0.05, 0.1) is 0 Å². The van der Waals surface area contributed by atoms with Gasteiger partial charge in [-0.2, -0.15) is 0 Å². The average molecular weight is 292 g/mol. The van der Waals surface area contributed by atoms with Gasteiger partial charge in [-0.1, -0.05) is 19.3 Å². The van der Waals surface area contributed by atoms with Crippen LogP contribution < -0.4 is 5.32 Å². The van der Waals surface area contributed by atoms with Crippen molar-refractivity contribution in [2.75, 3.05) is 20.1 Å². The van der Waals surface area contributed by atoms with Gasteiger partial charge < -0.3 is 5.32 Å². The largest absolute Gasteiger partial charge is 0.315 e. The summed E-state index contributed by atoms with van der Waals surface area (Å²) in [6.07, 6.45) is 7.38. The van der Waals surface area contributed by atoms with Crippen molar-refractivity contribution in [2.45, 2.75) is 52.1 Å². The van der Waals surface area contributed by atoms with Crippen LogP contribution in [0, 0.1) is 18.8 Å². The molecule has 1 saturated carbocycles. The van der Waals surface area contributed by atoms with Crippen molar-refractivity contribution in [1.29, 1.82) is 0 Å². The van der Waals surface area contributed by atoms with E-state index < -0.39 is 0 Å². The fourth-order valence-corrected chi connectivity index (χ4v) is 5.13.